The number of hydrogen-bond donors (Lipinski definition) is 1. The van der Waals surface area contributed by atoms with Crippen LogP contribution in [-0.2, 0) is 6.61 Å². The topological polar surface area (TPSA) is 59.9 Å². The molecule has 3 aromatic rings. The highest BCUT2D eigenvalue weighted by Crippen LogP contribution is 2.34. The van der Waals surface area contributed by atoms with E-state index in [0.29, 0.717) is 34.3 Å². The predicted octanol–water partition coefficient (Wildman–Crippen LogP) is 5.83. The Morgan fingerprint density at radius 2 is 1.94 bits per heavy atom. The van der Waals surface area contributed by atoms with Crippen molar-refractivity contribution in [1.82, 2.24) is 5.43 Å². The summed E-state index contributed by atoms with van der Waals surface area (Å²) in [6.07, 6.45) is 1.52. The molecule has 0 bridgehead atoms. The summed E-state index contributed by atoms with van der Waals surface area (Å²) in [7, 11) is 0. The predicted molar refractivity (Wildman–Crippen MR) is 128 cm³/mol. The summed E-state index contributed by atoms with van der Waals surface area (Å²) < 4.78 is 25.8. The van der Waals surface area contributed by atoms with Crippen LogP contribution in [0.2, 0.25) is 5.02 Å². The van der Waals surface area contributed by atoms with Crippen LogP contribution in [0.1, 0.15) is 28.4 Å². The normalized spacial score (nSPS) is 10.8. The van der Waals surface area contributed by atoms with E-state index in [9.17, 15) is 9.18 Å². The molecule has 0 fully saturated rings. The third-order valence-electron chi connectivity index (χ3n) is 4.09. The smallest absolute Gasteiger partial charge is 0.271 e. The molecular formula is C23H19ClFIN2O3. The van der Waals surface area contributed by atoms with Crippen molar-refractivity contribution >= 4 is 46.3 Å². The van der Waals surface area contributed by atoms with Gasteiger partial charge in [0, 0.05) is 10.6 Å². The van der Waals surface area contributed by atoms with E-state index in [1.54, 1.807) is 42.5 Å². The van der Waals surface area contributed by atoms with Gasteiger partial charge in [0.05, 0.1) is 16.4 Å². The van der Waals surface area contributed by atoms with Crippen LogP contribution in [0.3, 0.4) is 0 Å². The number of rotatable bonds is 8. The molecule has 8 heteroatoms. The van der Waals surface area contributed by atoms with E-state index in [0.717, 1.165) is 9.13 Å². The minimum absolute atomic E-state index is 0.207. The van der Waals surface area contributed by atoms with Crippen LogP contribution in [0.15, 0.2) is 65.8 Å². The summed E-state index contributed by atoms with van der Waals surface area (Å²) in [5.41, 5.74) is 4.37. The van der Waals surface area contributed by atoms with Crippen LogP contribution in [0, 0.1) is 9.39 Å². The number of hydrogen-bond acceptors (Lipinski definition) is 4. The molecule has 3 rings (SSSR count). The van der Waals surface area contributed by atoms with Gasteiger partial charge in [0.25, 0.3) is 5.91 Å². The van der Waals surface area contributed by atoms with Gasteiger partial charge in [-0.25, -0.2) is 9.82 Å². The van der Waals surface area contributed by atoms with E-state index >= 15 is 0 Å². The number of amides is 1. The van der Waals surface area contributed by atoms with Gasteiger partial charge in [-0.2, -0.15) is 5.10 Å². The molecule has 0 aliphatic heterocycles. The van der Waals surface area contributed by atoms with Gasteiger partial charge in [0.1, 0.15) is 12.4 Å². The SMILES string of the molecule is CCOc1cc(/C=N\NC(=O)c2ccc(Cl)cc2)cc(I)c1OCc1cccc(F)c1. The largest absolute Gasteiger partial charge is 0.490 e. The van der Waals surface area contributed by atoms with Gasteiger partial charge in [-0.3, -0.25) is 4.79 Å². The van der Waals surface area contributed by atoms with Gasteiger partial charge in [0.15, 0.2) is 11.5 Å². The Morgan fingerprint density at radius 3 is 2.65 bits per heavy atom. The second-order valence-corrected chi connectivity index (χ2v) is 7.99. The first-order chi connectivity index (χ1) is 15.0. The maximum Gasteiger partial charge on any atom is 0.271 e. The van der Waals surface area contributed by atoms with Crippen molar-refractivity contribution < 1.29 is 18.7 Å². The first kappa shape index (κ1) is 23.0. The zero-order chi connectivity index (χ0) is 22.2. The number of benzene rings is 3. The third kappa shape index (κ3) is 6.67. The monoisotopic (exact) mass is 552 g/mol. The first-order valence-corrected chi connectivity index (χ1v) is 10.8. The highest BCUT2D eigenvalue weighted by atomic mass is 127. The molecule has 0 unspecified atom stereocenters. The number of nitrogens with zero attached hydrogens (tertiary/aromatic N) is 1. The zero-order valence-electron chi connectivity index (χ0n) is 16.6. The minimum Gasteiger partial charge on any atom is -0.490 e. The zero-order valence-corrected chi connectivity index (χ0v) is 19.5. The Labute approximate surface area is 198 Å². The van der Waals surface area contributed by atoms with Crippen LogP contribution in [-0.4, -0.2) is 18.7 Å². The van der Waals surface area contributed by atoms with Gasteiger partial charge in [-0.05, 0) is 89.2 Å². The summed E-state index contributed by atoms with van der Waals surface area (Å²) >= 11 is 7.97. The maximum absolute atomic E-state index is 13.4. The van der Waals surface area contributed by atoms with Crippen molar-refractivity contribution in [3.63, 3.8) is 0 Å². The van der Waals surface area contributed by atoms with Crippen molar-refractivity contribution in [3.8, 4) is 11.5 Å². The lowest BCUT2D eigenvalue weighted by Gasteiger charge is -2.14. The fourth-order valence-corrected chi connectivity index (χ4v) is 3.59. The average molecular weight is 553 g/mol. The number of hydrazone groups is 1. The Balaban J connectivity index is 1.72. The number of carbonyl (C=O) groups is 1. The van der Waals surface area contributed by atoms with Gasteiger partial charge in [-0.15, -0.1) is 0 Å². The third-order valence-corrected chi connectivity index (χ3v) is 5.14. The highest BCUT2D eigenvalue weighted by Gasteiger charge is 2.12. The minimum atomic E-state index is -0.345. The van der Waals surface area contributed by atoms with Crippen LogP contribution < -0.4 is 14.9 Å². The molecule has 160 valence electrons. The summed E-state index contributed by atoms with van der Waals surface area (Å²) in [5.74, 6) is 0.445. The summed E-state index contributed by atoms with van der Waals surface area (Å²) in [4.78, 5) is 12.1. The molecule has 3 aromatic carbocycles. The van der Waals surface area contributed by atoms with Crippen molar-refractivity contribution in [3.05, 3.63) is 91.8 Å². The van der Waals surface area contributed by atoms with E-state index in [1.807, 2.05) is 13.0 Å². The molecule has 0 aliphatic carbocycles. The standard InChI is InChI=1S/C23H19ClFIN2O3/c1-2-30-21-12-16(13-27-28-23(29)17-6-8-18(24)9-7-17)11-20(26)22(21)31-14-15-4-3-5-19(25)10-15/h3-13H,2,14H2,1H3,(H,28,29)/b27-13-. The lowest BCUT2D eigenvalue weighted by Crippen LogP contribution is -2.17. The number of halogens is 3. The molecule has 31 heavy (non-hydrogen) atoms. The quantitative estimate of drug-likeness (QED) is 0.218. The lowest BCUT2D eigenvalue weighted by atomic mass is 10.2. The average Bonchev–Trinajstić information content (AvgIpc) is 2.74. The Bertz CT molecular complexity index is 1090. The van der Waals surface area contributed by atoms with Crippen molar-refractivity contribution in [1.29, 1.82) is 0 Å². The van der Waals surface area contributed by atoms with E-state index in [-0.39, 0.29) is 18.3 Å². The second-order valence-electron chi connectivity index (χ2n) is 6.39. The molecule has 1 N–H and O–H groups in total. The molecule has 0 saturated heterocycles. The lowest BCUT2D eigenvalue weighted by molar-refractivity contribution is 0.0955. The van der Waals surface area contributed by atoms with Crippen LogP contribution in [0.5, 0.6) is 11.5 Å². The molecule has 0 saturated carbocycles. The van der Waals surface area contributed by atoms with Crippen LogP contribution in [0.4, 0.5) is 4.39 Å². The number of nitrogens with one attached hydrogen (secondary N) is 1. The maximum atomic E-state index is 13.4. The second kappa shape index (κ2) is 11.1. The molecule has 0 aromatic heterocycles. The Hall–Kier alpha value is -2.65. The molecule has 5 nitrogen and oxygen atoms in total. The van der Waals surface area contributed by atoms with Crippen molar-refractivity contribution in [2.45, 2.75) is 13.5 Å². The van der Waals surface area contributed by atoms with E-state index in [1.165, 1.54) is 18.3 Å². The number of ether oxygens (including phenoxy) is 2. The van der Waals surface area contributed by atoms with E-state index in [4.69, 9.17) is 21.1 Å². The van der Waals surface area contributed by atoms with E-state index < -0.39 is 0 Å². The molecule has 1 amide bonds. The molecular weight excluding hydrogens is 534 g/mol. The van der Waals surface area contributed by atoms with Crippen LogP contribution in [0.25, 0.3) is 0 Å². The van der Waals surface area contributed by atoms with E-state index in [2.05, 4.69) is 33.1 Å². The fourth-order valence-electron chi connectivity index (χ4n) is 2.68. The summed E-state index contributed by atoms with van der Waals surface area (Å²) in [6.45, 7) is 2.52. The summed E-state index contributed by atoms with van der Waals surface area (Å²) in [5, 5.41) is 4.57. The summed E-state index contributed by atoms with van der Waals surface area (Å²) in [6, 6.07) is 16.4. The number of carbonyl (C=O) groups excluding carboxylic acids is 1. The molecule has 0 spiro atoms. The Morgan fingerprint density at radius 1 is 1.16 bits per heavy atom. The van der Waals surface area contributed by atoms with Gasteiger partial charge >= 0.3 is 0 Å². The van der Waals surface area contributed by atoms with Crippen molar-refractivity contribution in [2.75, 3.05) is 6.61 Å². The first-order valence-electron chi connectivity index (χ1n) is 9.39. The molecule has 0 aliphatic rings. The fraction of sp³-hybridized carbons (Fsp3) is 0.130. The van der Waals surface area contributed by atoms with Gasteiger partial charge in [0.2, 0.25) is 0 Å². The molecule has 0 radical (unpaired) electrons. The van der Waals surface area contributed by atoms with Crippen LogP contribution >= 0.6 is 34.2 Å². The van der Waals surface area contributed by atoms with Crippen molar-refractivity contribution in [2.24, 2.45) is 5.10 Å². The van der Waals surface area contributed by atoms with Gasteiger partial charge in [-0.1, -0.05) is 23.7 Å². The highest BCUT2D eigenvalue weighted by molar-refractivity contribution is 14.1. The molecule has 0 heterocycles. The molecule has 0 atom stereocenters. The van der Waals surface area contributed by atoms with Gasteiger partial charge < -0.3 is 9.47 Å². The Kier molecular flexibility index (Phi) is 8.25.